The van der Waals surface area contributed by atoms with E-state index in [0.717, 1.165) is 0 Å². The first-order chi connectivity index (χ1) is 10.5. The van der Waals surface area contributed by atoms with Gasteiger partial charge in [-0.1, -0.05) is 92.8 Å². The smallest absolute Gasteiger partial charge is 0.0295 e. The summed E-state index contributed by atoms with van der Waals surface area (Å²) in [6, 6.07) is 10.7. The Hall–Kier alpha value is -2.08. The van der Waals surface area contributed by atoms with Crippen molar-refractivity contribution in [3.05, 3.63) is 95.6 Å². The first-order valence-corrected chi connectivity index (χ1v) is 8.04. The average Bonchev–Trinajstić information content (AvgIpc) is 2.72. The van der Waals surface area contributed by atoms with E-state index >= 15 is 0 Å². The van der Waals surface area contributed by atoms with E-state index in [1.165, 1.54) is 16.7 Å². The standard InChI is InChI=1S/C22H26/c1-5-19(15-14-18(2)3)20-11-9-10-16-22(4,17-20)21-12-7-6-8-13-21/h5-18H,1-4H3/b15-14-,19-5+. The first kappa shape index (κ1) is 16.3. The highest BCUT2D eigenvalue weighted by molar-refractivity contribution is 5.53. The van der Waals surface area contributed by atoms with Crippen molar-refractivity contribution in [2.45, 2.75) is 33.1 Å². The lowest BCUT2D eigenvalue weighted by molar-refractivity contribution is 0.755. The zero-order valence-electron chi connectivity index (χ0n) is 14.1. The Morgan fingerprint density at radius 1 is 1.09 bits per heavy atom. The highest BCUT2D eigenvalue weighted by atomic mass is 14.3. The van der Waals surface area contributed by atoms with E-state index in [0.29, 0.717) is 5.92 Å². The van der Waals surface area contributed by atoms with Gasteiger partial charge in [0.05, 0.1) is 0 Å². The Morgan fingerprint density at radius 3 is 2.45 bits per heavy atom. The molecule has 0 saturated carbocycles. The van der Waals surface area contributed by atoms with Crippen molar-refractivity contribution < 1.29 is 0 Å². The van der Waals surface area contributed by atoms with Gasteiger partial charge in [0.25, 0.3) is 0 Å². The Morgan fingerprint density at radius 2 is 1.82 bits per heavy atom. The molecular weight excluding hydrogens is 264 g/mol. The van der Waals surface area contributed by atoms with Crippen LogP contribution < -0.4 is 0 Å². The number of rotatable bonds is 4. The number of benzene rings is 1. The second-order valence-corrected chi connectivity index (χ2v) is 6.31. The Labute approximate surface area is 135 Å². The van der Waals surface area contributed by atoms with Gasteiger partial charge in [-0.3, -0.25) is 0 Å². The lowest BCUT2D eigenvalue weighted by atomic mass is 9.80. The minimum absolute atomic E-state index is 0.0833. The van der Waals surface area contributed by atoms with E-state index in [9.17, 15) is 0 Å². The molecule has 1 aromatic rings. The van der Waals surface area contributed by atoms with Gasteiger partial charge in [-0.2, -0.15) is 0 Å². The number of hydrogen-bond acceptors (Lipinski definition) is 0. The van der Waals surface area contributed by atoms with Crippen LogP contribution in [0.15, 0.2) is 90.1 Å². The molecule has 1 aromatic carbocycles. The molecule has 0 fully saturated rings. The van der Waals surface area contributed by atoms with Gasteiger partial charge in [-0.15, -0.1) is 0 Å². The first-order valence-electron chi connectivity index (χ1n) is 8.04. The quantitative estimate of drug-likeness (QED) is 0.583. The third-order valence-electron chi connectivity index (χ3n) is 3.99. The summed E-state index contributed by atoms with van der Waals surface area (Å²) in [6.07, 6.45) is 17.8. The van der Waals surface area contributed by atoms with Gasteiger partial charge < -0.3 is 0 Å². The molecule has 0 bridgehead atoms. The second-order valence-electron chi connectivity index (χ2n) is 6.31. The SMILES string of the molecule is C/C=C(\C=C/C(C)C)C1=CC(C)(c2ccccc2)C=CC=C1. The molecule has 1 aliphatic rings. The van der Waals surface area contributed by atoms with E-state index in [1.54, 1.807) is 0 Å². The zero-order chi connectivity index (χ0) is 16.0. The number of allylic oxidation sites excluding steroid dienone is 10. The normalized spacial score (nSPS) is 22.2. The van der Waals surface area contributed by atoms with E-state index in [1.807, 2.05) is 0 Å². The molecule has 1 unspecified atom stereocenters. The predicted molar refractivity (Wildman–Crippen MR) is 97.9 cm³/mol. The van der Waals surface area contributed by atoms with Crippen LogP contribution in [0.4, 0.5) is 0 Å². The van der Waals surface area contributed by atoms with Gasteiger partial charge in [0.2, 0.25) is 0 Å². The molecule has 2 rings (SSSR count). The predicted octanol–water partition coefficient (Wildman–Crippen LogP) is 6.16. The minimum atomic E-state index is -0.0833. The maximum atomic E-state index is 2.36. The zero-order valence-corrected chi connectivity index (χ0v) is 14.1. The van der Waals surface area contributed by atoms with Crippen LogP contribution in [-0.4, -0.2) is 0 Å². The van der Waals surface area contributed by atoms with Crippen LogP contribution in [0.25, 0.3) is 0 Å². The third kappa shape index (κ3) is 3.98. The van der Waals surface area contributed by atoms with Crippen LogP contribution >= 0.6 is 0 Å². The summed E-state index contributed by atoms with van der Waals surface area (Å²) in [5.41, 5.74) is 3.78. The maximum absolute atomic E-state index is 2.36. The Balaban J connectivity index is 2.43. The second kappa shape index (κ2) is 7.26. The largest absolute Gasteiger partial charge is 0.0814 e. The summed E-state index contributed by atoms with van der Waals surface area (Å²) in [7, 11) is 0. The molecule has 0 saturated heterocycles. The molecule has 0 spiro atoms. The maximum Gasteiger partial charge on any atom is 0.0295 e. The molecule has 0 nitrogen and oxygen atoms in total. The molecule has 0 radical (unpaired) electrons. The van der Waals surface area contributed by atoms with Crippen LogP contribution in [0, 0.1) is 5.92 Å². The van der Waals surface area contributed by atoms with Gasteiger partial charge in [-0.25, -0.2) is 0 Å². The van der Waals surface area contributed by atoms with E-state index < -0.39 is 0 Å². The summed E-state index contributed by atoms with van der Waals surface area (Å²) < 4.78 is 0. The fraction of sp³-hybridized carbons (Fsp3) is 0.273. The fourth-order valence-corrected chi connectivity index (χ4v) is 2.65. The Bertz CT molecular complexity index is 636. The lowest BCUT2D eigenvalue weighted by Gasteiger charge is -2.23. The molecule has 0 aromatic heterocycles. The highest BCUT2D eigenvalue weighted by Gasteiger charge is 2.22. The van der Waals surface area contributed by atoms with E-state index in [4.69, 9.17) is 0 Å². The van der Waals surface area contributed by atoms with Crippen LogP contribution in [0.3, 0.4) is 0 Å². The van der Waals surface area contributed by atoms with Crippen LogP contribution in [-0.2, 0) is 5.41 Å². The summed E-state index contributed by atoms with van der Waals surface area (Å²) in [5.74, 6) is 0.559. The summed E-state index contributed by atoms with van der Waals surface area (Å²) >= 11 is 0. The van der Waals surface area contributed by atoms with Gasteiger partial charge in [0, 0.05) is 5.41 Å². The molecular formula is C22H26. The van der Waals surface area contributed by atoms with Crippen molar-refractivity contribution in [2.24, 2.45) is 5.92 Å². The molecule has 114 valence electrons. The van der Waals surface area contributed by atoms with Crippen molar-refractivity contribution in [1.82, 2.24) is 0 Å². The molecule has 1 atom stereocenters. The van der Waals surface area contributed by atoms with Crippen LogP contribution in [0.5, 0.6) is 0 Å². The van der Waals surface area contributed by atoms with Crippen molar-refractivity contribution in [1.29, 1.82) is 0 Å². The molecule has 0 heterocycles. The lowest BCUT2D eigenvalue weighted by Crippen LogP contribution is -2.16. The van der Waals surface area contributed by atoms with Gasteiger partial charge in [-0.05, 0) is 36.5 Å². The van der Waals surface area contributed by atoms with E-state index in [-0.39, 0.29) is 5.41 Å². The fourth-order valence-electron chi connectivity index (χ4n) is 2.65. The van der Waals surface area contributed by atoms with Crippen molar-refractivity contribution in [3.63, 3.8) is 0 Å². The van der Waals surface area contributed by atoms with Crippen LogP contribution in [0.1, 0.15) is 33.3 Å². The average molecular weight is 290 g/mol. The highest BCUT2D eigenvalue weighted by Crippen LogP contribution is 2.32. The molecule has 22 heavy (non-hydrogen) atoms. The topological polar surface area (TPSA) is 0 Å². The third-order valence-corrected chi connectivity index (χ3v) is 3.99. The van der Waals surface area contributed by atoms with Crippen LogP contribution in [0.2, 0.25) is 0 Å². The Kier molecular flexibility index (Phi) is 5.38. The van der Waals surface area contributed by atoms with Gasteiger partial charge in [0.1, 0.15) is 0 Å². The van der Waals surface area contributed by atoms with Crippen molar-refractivity contribution >= 4 is 0 Å². The summed E-state index contributed by atoms with van der Waals surface area (Å²) in [5, 5.41) is 0. The molecule has 0 heteroatoms. The van der Waals surface area contributed by atoms with Gasteiger partial charge in [0.15, 0.2) is 0 Å². The molecule has 0 aliphatic heterocycles. The van der Waals surface area contributed by atoms with Gasteiger partial charge >= 0.3 is 0 Å². The summed E-state index contributed by atoms with van der Waals surface area (Å²) in [6.45, 7) is 8.78. The monoisotopic (exact) mass is 290 g/mol. The summed E-state index contributed by atoms with van der Waals surface area (Å²) in [4.78, 5) is 0. The van der Waals surface area contributed by atoms with Crippen molar-refractivity contribution in [2.75, 3.05) is 0 Å². The molecule has 1 aliphatic carbocycles. The molecule has 0 N–H and O–H groups in total. The molecule has 0 amide bonds. The minimum Gasteiger partial charge on any atom is -0.0814 e. The van der Waals surface area contributed by atoms with Crippen molar-refractivity contribution in [3.8, 4) is 0 Å². The van der Waals surface area contributed by atoms with E-state index in [2.05, 4.69) is 107 Å². The number of hydrogen-bond donors (Lipinski definition) is 0.